The van der Waals surface area contributed by atoms with E-state index in [4.69, 9.17) is 9.84 Å². The minimum Gasteiger partial charge on any atom is -0.487 e. The minimum absolute atomic E-state index is 0.136. The van der Waals surface area contributed by atoms with Crippen LogP contribution >= 0.6 is 0 Å². The molecule has 0 aliphatic carbocycles. The zero-order valence-electron chi connectivity index (χ0n) is 11.9. The van der Waals surface area contributed by atoms with Crippen LogP contribution in [0, 0.1) is 6.92 Å². The summed E-state index contributed by atoms with van der Waals surface area (Å²) < 4.78 is 6.88. The zero-order chi connectivity index (χ0) is 15.4. The Hall–Kier alpha value is -2.56. The van der Waals surface area contributed by atoms with Crippen molar-refractivity contribution in [2.45, 2.75) is 26.5 Å². The van der Waals surface area contributed by atoms with Crippen LogP contribution in [0.5, 0.6) is 5.75 Å². The highest BCUT2D eigenvalue weighted by Crippen LogP contribution is 2.15. The van der Waals surface area contributed by atoms with Crippen LogP contribution in [-0.2, 0) is 11.4 Å². The van der Waals surface area contributed by atoms with Gasteiger partial charge in [-0.1, -0.05) is 18.2 Å². The van der Waals surface area contributed by atoms with Gasteiger partial charge in [-0.25, -0.2) is 4.79 Å². The van der Waals surface area contributed by atoms with E-state index in [2.05, 4.69) is 0 Å². The smallest absolute Gasteiger partial charge is 0.326 e. The summed E-state index contributed by atoms with van der Waals surface area (Å²) in [6.07, 6.45) is 0. The summed E-state index contributed by atoms with van der Waals surface area (Å²) in [5, 5.41) is 9.11. The van der Waals surface area contributed by atoms with Crippen LogP contribution in [0.4, 0.5) is 0 Å². The molecule has 1 unspecified atom stereocenters. The van der Waals surface area contributed by atoms with E-state index >= 15 is 0 Å². The Balaban J connectivity index is 2.26. The number of hydrogen-bond donors (Lipinski definition) is 1. The molecule has 110 valence electrons. The molecular formula is C16H17NO4. The fraction of sp³-hybridized carbons (Fsp3) is 0.250. The standard InChI is InChI=1S/C16H17NO4/c1-11-5-3-7-14(9-11)21-10-13-6-4-8-15(18)17(13)12(2)16(19)20/h3-9,12H,10H2,1-2H3,(H,19,20). The molecule has 1 aromatic carbocycles. The molecule has 0 spiro atoms. The number of aliphatic carboxylic acids is 1. The molecule has 1 N–H and O–H groups in total. The van der Waals surface area contributed by atoms with Gasteiger partial charge in [-0.3, -0.25) is 9.36 Å². The Morgan fingerprint density at radius 3 is 2.67 bits per heavy atom. The van der Waals surface area contributed by atoms with Gasteiger partial charge in [-0.2, -0.15) is 0 Å². The van der Waals surface area contributed by atoms with Crippen LogP contribution in [0.1, 0.15) is 24.2 Å². The summed E-state index contributed by atoms with van der Waals surface area (Å²) >= 11 is 0. The van der Waals surface area contributed by atoms with E-state index in [1.165, 1.54) is 17.6 Å². The van der Waals surface area contributed by atoms with Crippen molar-refractivity contribution in [2.24, 2.45) is 0 Å². The number of pyridine rings is 1. The molecule has 0 saturated heterocycles. The molecule has 0 saturated carbocycles. The summed E-state index contributed by atoms with van der Waals surface area (Å²) in [6.45, 7) is 3.56. The van der Waals surface area contributed by atoms with Gasteiger partial charge in [0.1, 0.15) is 18.4 Å². The van der Waals surface area contributed by atoms with Gasteiger partial charge in [0.05, 0.1) is 5.69 Å². The summed E-state index contributed by atoms with van der Waals surface area (Å²) in [5.74, 6) is -0.374. The molecule has 0 bridgehead atoms. The molecule has 5 nitrogen and oxygen atoms in total. The molecular weight excluding hydrogens is 270 g/mol. The van der Waals surface area contributed by atoms with Gasteiger partial charge in [-0.05, 0) is 37.6 Å². The Labute approximate surface area is 122 Å². The van der Waals surface area contributed by atoms with Crippen LogP contribution in [-0.4, -0.2) is 15.6 Å². The molecule has 5 heteroatoms. The third kappa shape index (κ3) is 3.51. The highest BCUT2D eigenvalue weighted by Gasteiger charge is 2.17. The lowest BCUT2D eigenvalue weighted by Gasteiger charge is -2.16. The van der Waals surface area contributed by atoms with E-state index in [0.717, 1.165) is 5.56 Å². The van der Waals surface area contributed by atoms with E-state index in [1.54, 1.807) is 12.1 Å². The Morgan fingerprint density at radius 1 is 1.29 bits per heavy atom. The van der Waals surface area contributed by atoms with E-state index in [1.807, 2.05) is 31.2 Å². The predicted molar refractivity (Wildman–Crippen MR) is 78.6 cm³/mol. The third-order valence-electron chi connectivity index (χ3n) is 3.20. The molecule has 1 heterocycles. The van der Waals surface area contributed by atoms with Crippen LogP contribution in [0.15, 0.2) is 47.3 Å². The van der Waals surface area contributed by atoms with E-state index in [-0.39, 0.29) is 12.2 Å². The van der Waals surface area contributed by atoms with Crippen molar-refractivity contribution in [3.8, 4) is 5.75 Å². The van der Waals surface area contributed by atoms with Gasteiger partial charge in [-0.15, -0.1) is 0 Å². The minimum atomic E-state index is -1.06. The van der Waals surface area contributed by atoms with Crippen molar-refractivity contribution < 1.29 is 14.6 Å². The Kier molecular flexibility index (Phi) is 4.42. The average molecular weight is 287 g/mol. The molecule has 0 amide bonds. The molecule has 0 fully saturated rings. The average Bonchev–Trinajstić information content (AvgIpc) is 2.44. The first kappa shape index (κ1) is 14.8. The first-order chi connectivity index (χ1) is 9.99. The number of carbonyl (C=O) groups is 1. The van der Waals surface area contributed by atoms with Crippen molar-refractivity contribution >= 4 is 5.97 Å². The molecule has 21 heavy (non-hydrogen) atoms. The SMILES string of the molecule is Cc1cccc(OCc2cccc(=O)n2C(C)C(=O)O)c1. The monoisotopic (exact) mass is 287 g/mol. The maximum Gasteiger partial charge on any atom is 0.326 e. The molecule has 0 aliphatic rings. The highest BCUT2D eigenvalue weighted by molar-refractivity contribution is 5.71. The van der Waals surface area contributed by atoms with Crippen LogP contribution in [0.2, 0.25) is 0 Å². The number of benzene rings is 1. The van der Waals surface area contributed by atoms with Gasteiger partial charge in [0.2, 0.25) is 0 Å². The summed E-state index contributed by atoms with van der Waals surface area (Å²) in [7, 11) is 0. The fourth-order valence-electron chi connectivity index (χ4n) is 2.07. The molecule has 1 atom stereocenters. The van der Waals surface area contributed by atoms with Crippen LogP contribution in [0.3, 0.4) is 0 Å². The van der Waals surface area contributed by atoms with Gasteiger partial charge in [0, 0.05) is 6.07 Å². The van der Waals surface area contributed by atoms with Crippen molar-refractivity contribution in [1.82, 2.24) is 4.57 Å². The number of rotatable bonds is 5. The molecule has 0 aliphatic heterocycles. The van der Waals surface area contributed by atoms with E-state index < -0.39 is 12.0 Å². The van der Waals surface area contributed by atoms with Crippen molar-refractivity contribution in [3.63, 3.8) is 0 Å². The lowest BCUT2D eigenvalue weighted by atomic mass is 10.2. The lowest BCUT2D eigenvalue weighted by molar-refractivity contribution is -0.140. The van der Waals surface area contributed by atoms with Crippen molar-refractivity contribution in [2.75, 3.05) is 0 Å². The quantitative estimate of drug-likeness (QED) is 0.916. The number of carboxylic acid groups (broad SMARTS) is 1. The summed E-state index contributed by atoms with van der Waals surface area (Å²) in [4.78, 5) is 23.0. The van der Waals surface area contributed by atoms with E-state index in [0.29, 0.717) is 11.4 Å². The van der Waals surface area contributed by atoms with Crippen LogP contribution in [0.25, 0.3) is 0 Å². The first-order valence-corrected chi connectivity index (χ1v) is 6.62. The van der Waals surface area contributed by atoms with Gasteiger partial charge >= 0.3 is 5.97 Å². The summed E-state index contributed by atoms with van der Waals surface area (Å²) in [5.41, 5.74) is 1.24. The first-order valence-electron chi connectivity index (χ1n) is 6.62. The number of hydrogen-bond acceptors (Lipinski definition) is 3. The third-order valence-corrected chi connectivity index (χ3v) is 3.20. The van der Waals surface area contributed by atoms with Gasteiger partial charge < -0.3 is 9.84 Å². The van der Waals surface area contributed by atoms with E-state index in [9.17, 15) is 9.59 Å². The maximum atomic E-state index is 11.9. The van der Waals surface area contributed by atoms with Crippen molar-refractivity contribution in [3.05, 3.63) is 64.1 Å². The Bertz CT molecular complexity index is 705. The second-order valence-electron chi connectivity index (χ2n) is 4.84. The lowest BCUT2D eigenvalue weighted by Crippen LogP contribution is -2.30. The predicted octanol–water partition coefficient (Wildman–Crippen LogP) is 2.38. The normalized spacial score (nSPS) is 11.9. The highest BCUT2D eigenvalue weighted by atomic mass is 16.5. The summed E-state index contributed by atoms with van der Waals surface area (Å²) in [6, 6.07) is 11.2. The second-order valence-corrected chi connectivity index (χ2v) is 4.84. The van der Waals surface area contributed by atoms with Gasteiger partial charge in [0.15, 0.2) is 0 Å². The fourth-order valence-corrected chi connectivity index (χ4v) is 2.07. The number of aryl methyl sites for hydroxylation is 1. The molecule has 2 rings (SSSR count). The van der Waals surface area contributed by atoms with Crippen molar-refractivity contribution in [1.29, 1.82) is 0 Å². The largest absolute Gasteiger partial charge is 0.487 e. The van der Waals surface area contributed by atoms with Gasteiger partial charge in [0.25, 0.3) is 5.56 Å². The second kappa shape index (κ2) is 6.26. The Morgan fingerprint density at radius 2 is 2.00 bits per heavy atom. The number of aromatic nitrogens is 1. The molecule has 1 aromatic heterocycles. The topological polar surface area (TPSA) is 68.5 Å². The maximum absolute atomic E-state index is 11.9. The number of nitrogens with zero attached hydrogens (tertiary/aromatic N) is 1. The zero-order valence-corrected chi connectivity index (χ0v) is 11.9. The molecule has 2 aromatic rings. The number of ether oxygens (including phenoxy) is 1. The van der Waals surface area contributed by atoms with Crippen LogP contribution < -0.4 is 10.3 Å². The molecule has 0 radical (unpaired) electrons. The number of carboxylic acids is 1.